The standard InChI is InChI=1S/C67H116O6/c1-4-7-10-13-16-19-22-25-28-30-32-33-35-36-39-42-45-48-51-54-57-60-66(69)72-63-64(62-71-65(68)59-56-53-50-47-44-41-38-27-24-21-18-15-12-9-6-3)73-67(70)61-58-55-52-49-46-43-40-37-34-31-29-26-23-20-17-14-11-8-5-2/h7,10,16,19,25-29,32-33,36,38-39,64H,4-6,8-9,11-15,17-18,20-24,30-31,34-35,37,40-63H2,1-3H3/b10-7-,19-16-,28-25-,29-26-,33-32-,38-27-,39-36-. The summed E-state index contributed by atoms with van der Waals surface area (Å²) in [5, 5.41) is 0. The van der Waals surface area contributed by atoms with Crippen molar-refractivity contribution in [3.63, 3.8) is 0 Å². The van der Waals surface area contributed by atoms with Gasteiger partial charge in [0.1, 0.15) is 13.2 Å². The molecule has 0 aliphatic carbocycles. The molecule has 0 N–H and O–H groups in total. The van der Waals surface area contributed by atoms with E-state index in [1.54, 1.807) is 0 Å². The Bertz CT molecular complexity index is 1400. The molecule has 0 saturated carbocycles. The molecule has 6 heteroatoms. The molecule has 0 aliphatic heterocycles. The van der Waals surface area contributed by atoms with Crippen LogP contribution in [0.4, 0.5) is 0 Å². The van der Waals surface area contributed by atoms with Gasteiger partial charge in [0.25, 0.3) is 0 Å². The maximum absolute atomic E-state index is 12.9. The Kier molecular flexibility index (Phi) is 58.3. The summed E-state index contributed by atoms with van der Waals surface area (Å²) in [6.07, 6.45) is 80.0. The maximum atomic E-state index is 12.9. The molecule has 420 valence electrons. The predicted molar refractivity (Wildman–Crippen MR) is 316 cm³/mol. The number of ether oxygens (including phenoxy) is 3. The third kappa shape index (κ3) is 59.3. The van der Waals surface area contributed by atoms with E-state index in [9.17, 15) is 14.4 Å². The predicted octanol–water partition coefficient (Wildman–Crippen LogP) is 21.1. The Hall–Kier alpha value is -3.41. The Morgan fingerprint density at radius 2 is 0.534 bits per heavy atom. The van der Waals surface area contributed by atoms with E-state index >= 15 is 0 Å². The van der Waals surface area contributed by atoms with Gasteiger partial charge in [0.05, 0.1) is 0 Å². The van der Waals surface area contributed by atoms with Crippen molar-refractivity contribution in [1.82, 2.24) is 0 Å². The number of rotatable bonds is 56. The largest absolute Gasteiger partial charge is 0.462 e. The summed E-state index contributed by atoms with van der Waals surface area (Å²) < 4.78 is 16.9. The summed E-state index contributed by atoms with van der Waals surface area (Å²) in [6, 6.07) is 0. The molecule has 0 amide bonds. The van der Waals surface area contributed by atoms with Gasteiger partial charge in [-0.1, -0.05) is 254 Å². The van der Waals surface area contributed by atoms with E-state index in [1.807, 2.05) is 0 Å². The number of allylic oxidation sites excluding steroid dienone is 14. The van der Waals surface area contributed by atoms with Crippen LogP contribution < -0.4 is 0 Å². The van der Waals surface area contributed by atoms with Crippen molar-refractivity contribution in [2.45, 2.75) is 309 Å². The fourth-order valence-corrected chi connectivity index (χ4v) is 8.69. The molecule has 0 fully saturated rings. The van der Waals surface area contributed by atoms with Gasteiger partial charge in [-0.2, -0.15) is 0 Å². The molecular weight excluding hydrogens is 901 g/mol. The van der Waals surface area contributed by atoms with Crippen molar-refractivity contribution < 1.29 is 28.6 Å². The zero-order chi connectivity index (χ0) is 52.9. The van der Waals surface area contributed by atoms with Gasteiger partial charge in [-0.3, -0.25) is 14.4 Å². The number of esters is 3. The molecule has 0 heterocycles. The summed E-state index contributed by atoms with van der Waals surface area (Å²) >= 11 is 0. The lowest BCUT2D eigenvalue weighted by atomic mass is 10.1. The van der Waals surface area contributed by atoms with Crippen LogP contribution in [-0.2, 0) is 28.6 Å². The molecule has 6 nitrogen and oxygen atoms in total. The normalized spacial score (nSPS) is 12.6. The lowest BCUT2D eigenvalue weighted by Gasteiger charge is -2.18. The summed E-state index contributed by atoms with van der Waals surface area (Å²) in [5.41, 5.74) is 0. The second kappa shape index (κ2) is 61.1. The lowest BCUT2D eigenvalue weighted by molar-refractivity contribution is -0.167. The van der Waals surface area contributed by atoms with Gasteiger partial charge < -0.3 is 14.2 Å². The van der Waals surface area contributed by atoms with Crippen molar-refractivity contribution in [1.29, 1.82) is 0 Å². The van der Waals surface area contributed by atoms with Gasteiger partial charge in [-0.05, 0) is 116 Å². The first-order valence-electron chi connectivity index (χ1n) is 31.1. The number of hydrogen-bond acceptors (Lipinski definition) is 6. The molecule has 73 heavy (non-hydrogen) atoms. The number of unbranched alkanes of at least 4 members (excludes halogenated alkanes) is 31. The minimum Gasteiger partial charge on any atom is -0.462 e. The highest BCUT2D eigenvalue weighted by atomic mass is 16.6. The molecule has 0 aromatic heterocycles. The van der Waals surface area contributed by atoms with E-state index < -0.39 is 6.10 Å². The Morgan fingerprint density at radius 3 is 0.849 bits per heavy atom. The van der Waals surface area contributed by atoms with Gasteiger partial charge in [0, 0.05) is 19.3 Å². The number of carbonyl (C=O) groups excluding carboxylic acids is 3. The Labute approximate surface area is 452 Å². The summed E-state index contributed by atoms with van der Waals surface area (Å²) in [6.45, 7) is 6.52. The van der Waals surface area contributed by atoms with Crippen molar-refractivity contribution in [2.24, 2.45) is 0 Å². The zero-order valence-electron chi connectivity index (χ0n) is 48.1. The van der Waals surface area contributed by atoms with Crippen molar-refractivity contribution >= 4 is 17.9 Å². The molecule has 0 aliphatic rings. The van der Waals surface area contributed by atoms with Crippen LogP contribution in [0.5, 0.6) is 0 Å². The summed E-state index contributed by atoms with van der Waals surface area (Å²) in [5.74, 6) is -0.906. The Morgan fingerprint density at radius 1 is 0.288 bits per heavy atom. The first kappa shape index (κ1) is 69.6. The van der Waals surface area contributed by atoms with Gasteiger partial charge in [0.15, 0.2) is 6.10 Å². The smallest absolute Gasteiger partial charge is 0.306 e. The first-order valence-corrected chi connectivity index (χ1v) is 31.1. The van der Waals surface area contributed by atoms with E-state index in [4.69, 9.17) is 14.2 Å². The van der Waals surface area contributed by atoms with Crippen LogP contribution in [-0.4, -0.2) is 37.2 Å². The maximum Gasteiger partial charge on any atom is 0.306 e. The van der Waals surface area contributed by atoms with Crippen LogP contribution >= 0.6 is 0 Å². The highest BCUT2D eigenvalue weighted by Crippen LogP contribution is 2.15. The summed E-state index contributed by atoms with van der Waals surface area (Å²) in [7, 11) is 0. The first-order chi connectivity index (χ1) is 36.0. The van der Waals surface area contributed by atoms with Crippen LogP contribution in [0.15, 0.2) is 85.1 Å². The van der Waals surface area contributed by atoms with Crippen molar-refractivity contribution in [3.8, 4) is 0 Å². The van der Waals surface area contributed by atoms with E-state index in [0.717, 1.165) is 116 Å². The van der Waals surface area contributed by atoms with Gasteiger partial charge in [0.2, 0.25) is 0 Å². The van der Waals surface area contributed by atoms with Crippen molar-refractivity contribution in [3.05, 3.63) is 85.1 Å². The van der Waals surface area contributed by atoms with Gasteiger partial charge >= 0.3 is 17.9 Å². The average Bonchev–Trinajstić information content (AvgIpc) is 3.39. The minimum atomic E-state index is -0.790. The fourth-order valence-electron chi connectivity index (χ4n) is 8.69. The Balaban J connectivity index is 4.42. The minimum absolute atomic E-state index is 0.0870. The number of carbonyl (C=O) groups is 3. The molecule has 0 spiro atoms. The average molecular weight is 1020 g/mol. The van der Waals surface area contributed by atoms with Gasteiger partial charge in [-0.25, -0.2) is 0 Å². The number of hydrogen-bond donors (Lipinski definition) is 0. The second-order valence-electron chi connectivity index (χ2n) is 20.6. The molecule has 0 rings (SSSR count). The van der Waals surface area contributed by atoms with Crippen LogP contribution in [0.2, 0.25) is 0 Å². The molecule has 0 radical (unpaired) electrons. The van der Waals surface area contributed by atoms with E-state index in [0.29, 0.717) is 19.3 Å². The second-order valence-corrected chi connectivity index (χ2v) is 20.6. The van der Waals surface area contributed by atoms with E-state index in [1.165, 1.54) is 148 Å². The molecular formula is C67H116O6. The molecule has 0 bridgehead atoms. The van der Waals surface area contributed by atoms with Crippen molar-refractivity contribution in [2.75, 3.05) is 13.2 Å². The monoisotopic (exact) mass is 1020 g/mol. The van der Waals surface area contributed by atoms with Crippen LogP contribution in [0.1, 0.15) is 303 Å². The van der Waals surface area contributed by atoms with Crippen LogP contribution in [0.3, 0.4) is 0 Å². The molecule has 1 unspecified atom stereocenters. The molecule has 0 saturated heterocycles. The van der Waals surface area contributed by atoms with Crippen LogP contribution in [0, 0.1) is 0 Å². The molecule has 1 atom stereocenters. The van der Waals surface area contributed by atoms with E-state index in [2.05, 4.69) is 106 Å². The zero-order valence-corrected chi connectivity index (χ0v) is 48.1. The fraction of sp³-hybridized carbons (Fsp3) is 0.746. The third-order valence-electron chi connectivity index (χ3n) is 13.4. The molecule has 0 aromatic rings. The quantitative estimate of drug-likeness (QED) is 0.0261. The highest BCUT2D eigenvalue weighted by Gasteiger charge is 2.19. The van der Waals surface area contributed by atoms with E-state index in [-0.39, 0.29) is 31.1 Å². The lowest BCUT2D eigenvalue weighted by Crippen LogP contribution is -2.30. The highest BCUT2D eigenvalue weighted by molar-refractivity contribution is 5.71. The van der Waals surface area contributed by atoms with Crippen LogP contribution in [0.25, 0.3) is 0 Å². The topological polar surface area (TPSA) is 78.9 Å². The SMILES string of the molecule is CC/C=C\C/C=C\C/C=C\C/C=C\C/C=C\CCCCCCCC(=O)OCC(COC(=O)CCCCCCC/C=C\CCCCCCCC)OC(=O)CCCCCCCCCCC/C=C\CCCCCCCC. The summed E-state index contributed by atoms with van der Waals surface area (Å²) in [4.78, 5) is 38.3. The third-order valence-corrected chi connectivity index (χ3v) is 13.4. The van der Waals surface area contributed by atoms with Gasteiger partial charge in [-0.15, -0.1) is 0 Å². The molecule has 0 aromatic carbocycles.